The molecule has 1 fully saturated rings. The number of carbonyl (C=O) groups excluding carboxylic acids is 2. The van der Waals surface area contributed by atoms with Gasteiger partial charge in [0, 0.05) is 13.1 Å². The molecule has 1 aliphatic rings. The Kier molecular flexibility index (Phi) is 4.24. The fraction of sp³-hybridized carbons (Fsp3) is 0.417. The molecule has 20 heavy (non-hydrogen) atoms. The topological polar surface area (TPSA) is 112 Å². The number of piperazine rings is 1. The molecule has 0 saturated carbocycles. The molecule has 3 amide bonds. The molecule has 0 aromatic carbocycles. The number of carbonyl (C=O) groups is 3. The zero-order valence-electron chi connectivity index (χ0n) is 10.7. The van der Waals surface area contributed by atoms with Gasteiger partial charge >= 0.3 is 12.0 Å². The van der Waals surface area contributed by atoms with Gasteiger partial charge in [0.2, 0.25) is 5.91 Å². The molecule has 0 radical (unpaired) electrons. The van der Waals surface area contributed by atoms with E-state index in [-0.39, 0.29) is 13.1 Å². The predicted octanol–water partition coefficient (Wildman–Crippen LogP) is -0.236. The van der Waals surface area contributed by atoms with Crippen LogP contribution in [0.15, 0.2) is 22.8 Å². The molecule has 8 nitrogen and oxygen atoms in total. The maximum Gasteiger partial charge on any atom is 0.318 e. The van der Waals surface area contributed by atoms with Gasteiger partial charge in [0.1, 0.15) is 11.8 Å². The SMILES string of the molecule is O=C(O)CC1C(=O)NCCN1C(=O)NCc1ccco1. The standard InChI is InChI=1S/C12H15N3O5/c16-10(17)6-9-11(18)13-3-4-15(9)12(19)14-7-8-2-1-5-20-8/h1-2,5,9H,3-4,6-7H2,(H,13,18)(H,14,19)(H,16,17). The number of urea groups is 1. The molecule has 1 unspecified atom stereocenters. The second-order valence-electron chi connectivity index (χ2n) is 4.34. The predicted molar refractivity (Wildman–Crippen MR) is 66.7 cm³/mol. The second-order valence-corrected chi connectivity index (χ2v) is 4.34. The van der Waals surface area contributed by atoms with E-state index < -0.39 is 30.4 Å². The van der Waals surface area contributed by atoms with E-state index in [0.29, 0.717) is 12.3 Å². The van der Waals surface area contributed by atoms with Gasteiger partial charge in [-0.05, 0) is 12.1 Å². The normalized spacial score (nSPS) is 18.5. The highest BCUT2D eigenvalue weighted by molar-refractivity contribution is 5.91. The average molecular weight is 281 g/mol. The lowest BCUT2D eigenvalue weighted by Gasteiger charge is -2.34. The third-order valence-electron chi connectivity index (χ3n) is 2.95. The summed E-state index contributed by atoms with van der Waals surface area (Å²) >= 11 is 0. The number of aliphatic carboxylic acids is 1. The lowest BCUT2D eigenvalue weighted by atomic mass is 10.1. The fourth-order valence-corrected chi connectivity index (χ4v) is 2.00. The number of nitrogens with zero attached hydrogens (tertiary/aromatic N) is 1. The van der Waals surface area contributed by atoms with Crippen molar-refractivity contribution in [2.75, 3.05) is 13.1 Å². The van der Waals surface area contributed by atoms with Crippen LogP contribution in [0.25, 0.3) is 0 Å². The third-order valence-corrected chi connectivity index (χ3v) is 2.95. The average Bonchev–Trinajstić information content (AvgIpc) is 2.91. The molecule has 8 heteroatoms. The quantitative estimate of drug-likeness (QED) is 0.705. The Labute approximate surface area is 114 Å². The van der Waals surface area contributed by atoms with E-state index in [9.17, 15) is 14.4 Å². The van der Waals surface area contributed by atoms with Crippen LogP contribution in [0.2, 0.25) is 0 Å². The Balaban J connectivity index is 1.97. The van der Waals surface area contributed by atoms with Gasteiger partial charge < -0.3 is 25.1 Å². The van der Waals surface area contributed by atoms with Gasteiger partial charge in [-0.15, -0.1) is 0 Å². The summed E-state index contributed by atoms with van der Waals surface area (Å²) in [4.78, 5) is 35.7. The van der Waals surface area contributed by atoms with E-state index in [4.69, 9.17) is 9.52 Å². The van der Waals surface area contributed by atoms with Crippen molar-refractivity contribution in [3.05, 3.63) is 24.2 Å². The molecule has 1 atom stereocenters. The van der Waals surface area contributed by atoms with Crippen LogP contribution >= 0.6 is 0 Å². The van der Waals surface area contributed by atoms with E-state index in [0.717, 1.165) is 0 Å². The molecule has 2 heterocycles. The highest BCUT2D eigenvalue weighted by Crippen LogP contribution is 2.10. The Hall–Kier alpha value is -2.51. The van der Waals surface area contributed by atoms with Gasteiger partial charge in [-0.25, -0.2) is 4.79 Å². The largest absolute Gasteiger partial charge is 0.481 e. The number of hydrogen-bond acceptors (Lipinski definition) is 4. The number of carboxylic acid groups (broad SMARTS) is 1. The molecule has 1 aromatic rings. The molecular formula is C12H15N3O5. The van der Waals surface area contributed by atoms with E-state index in [1.54, 1.807) is 12.1 Å². The second kappa shape index (κ2) is 6.09. The van der Waals surface area contributed by atoms with Crippen molar-refractivity contribution in [2.24, 2.45) is 0 Å². The van der Waals surface area contributed by atoms with Gasteiger partial charge in [-0.1, -0.05) is 0 Å². The first-order valence-electron chi connectivity index (χ1n) is 6.14. The summed E-state index contributed by atoms with van der Waals surface area (Å²) in [5, 5.41) is 14.0. The first kappa shape index (κ1) is 13.9. The first-order chi connectivity index (χ1) is 9.58. The number of hydrogen-bond donors (Lipinski definition) is 3. The minimum atomic E-state index is -1.13. The number of furan rings is 1. The first-order valence-corrected chi connectivity index (χ1v) is 6.14. The van der Waals surface area contributed by atoms with Crippen LogP contribution in [0.3, 0.4) is 0 Å². The molecule has 2 rings (SSSR count). The Morgan fingerprint density at radius 2 is 2.35 bits per heavy atom. The smallest absolute Gasteiger partial charge is 0.318 e. The molecule has 108 valence electrons. The third kappa shape index (κ3) is 3.28. The van der Waals surface area contributed by atoms with Gasteiger partial charge in [0.25, 0.3) is 0 Å². The zero-order chi connectivity index (χ0) is 14.5. The number of rotatable bonds is 4. The van der Waals surface area contributed by atoms with Crippen LogP contribution in [-0.4, -0.2) is 47.0 Å². The van der Waals surface area contributed by atoms with Gasteiger partial charge in [-0.2, -0.15) is 0 Å². The summed E-state index contributed by atoms with van der Waals surface area (Å²) < 4.78 is 5.08. The molecule has 0 aliphatic carbocycles. The molecule has 0 spiro atoms. The van der Waals surface area contributed by atoms with Crippen LogP contribution in [0.5, 0.6) is 0 Å². The van der Waals surface area contributed by atoms with Crippen molar-refractivity contribution >= 4 is 17.9 Å². The molecular weight excluding hydrogens is 266 g/mol. The number of amides is 3. The summed E-state index contributed by atoms with van der Waals surface area (Å²) in [6.07, 6.45) is 1.07. The molecule has 3 N–H and O–H groups in total. The van der Waals surface area contributed by atoms with Crippen molar-refractivity contribution in [1.82, 2.24) is 15.5 Å². The Bertz CT molecular complexity index is 499. The lowest BCUT2D eigenvalue weighted by Crippen LogP contribution is -2.59. The monoisotopic (exact) mass is 281 g/mol. The number of carboxylic acids is 1. The maximum atomic E-state index is 12.0. The van der Waals surface area contributed by atoms with E-state index in [1.807, 2.05) is 0 Å². The Morgan fingerprint density at radius 3 is 3.00 bits per heavy atom. The summed E-state index contributed by atoms with van der Waals surface area (Å²) in [6.45, 7) is 0.764. The van der Waals surface area contributed by atoms with E-state index in [2.05, 4.69) is 10.6 Å². The van der Waals surface area contributed by atoms with Gasteiger partial charge in [0.05, 0.1) is 19.2 Å². The lowest BCUT2D eigenvalue weighted by molar-refractivity contribution is -0.142. The molecule has 0 bridgehead atoms. The summed E-state index contributed by atoms with van der Waals surface area (Å²) in [5.41, 5.74) is 0. The minimum absolute atomic E-state index is 0.184. The van der Waals surface area contributed by atoms with Gasteiger partial charge in [-0.3, -0.25) is 9.59 Å². The van der Waals surface area contributed by atoms with Crippen LogP contribution in [-0.2, 0) is 16.1 Å². The maximum absolute atomic E-state index is 12.0. The summed E-state index contributed by atoms with van der Waals surface area (Å²) in [5.74, 6) is -1.00. The summed E-state index contributed by atoms with van der Waals surface area (Å²) in [6, 6.07) is 1.93. The van der Waals surface area contributed by atoms with Crippen molar-refractivity contribution < 1.29 is 23.9 Å². The highest BCUT2D eigenvalue weighted by Gasteiger charge is 2.34. The van der Waals surface area contributed by atoms with Crippen molar-refractivity contribution in [1.29, 1.82) is 0 Å². The Morgan fingerprint density at radius 1 is 1.55 bits per heavy atom. The summed E-state index contributed by atoms with van der Waals surface area (Å²) in [7, 11) is 0. The molecule has 1 aliphatic heterocycles. The van der Waals surface area contributed by atoms with E-state index >= 15 is 0 Å². The number of nitrogens with one attached hydrogen (secondary N) is 2. The van der Waals surface area contributed by atoms with Crippen LogP contribution in [0.1, 0.15) is 12.2 Å². The minimum Gasteiger partial charge on any atom is -0.481 e. The van der Waals surface area contributed by atoms with Crippen LogP contribution in [0, 0.1) is 0 Å². The van der Waals surface area contributed by atoms with Crippen molar-refractivity contribution in [3.8, 4) is 0 Å². The van der Waals surface area contributed by atoms with Crippen LogP contribution < -0.4 is 10.6 Å². The van der Waals surface area contributed by atoms with Crippen LogP contribution in [0.4, 0.5) is 4.79 Å². The zero-order valence-corrected chi connectivity index (χ0v) is 10.7. The van der Waals surface area contributed by atoms with E-state index in [1.165, 1.54) is 11.2 Å². The highest BCUT2D eigenvalue weighted by atomic mass is 16.4. The van der Waals surface area contributed by atoms with Crippen molar-refractivity contribution in [3.63, 3.8) is 0 Å². The molecule has 1 aromatic heterocycles. The van der Waals surface area contributed by atoms with Crippen molar-refractivity contribution in [2.45, 2.75) is 19.0 Å². The van der Waals surface area contributed by atoms with Gasteiger partial charge in [0.15, 0.2) is 0 Å². The molecule has 1 saturated heterocycles. The fourth-order valence-electron chi connectivity index (χ4n) is 2.00.